The van der Waals surface area contributed by atoms with Crippen molar-refractivity contribution in [2.75, 3.05) is 13.2 Å². The zero-order chi connectivity index (χ0) is 13.8. The summed E-state index contributed by atoms with van der Waals surface area (Å²) >= 11 is 0. The van der Waals surface area contributed by atoms with E-state index in [1.165, 1.54) is 25.7 Å². The predicted octanol–water partition coefficient (Wildman–Crippen LogP) is 4.00. The minimum Gasteiger partial charge on any atom is -0.374 e. The summed E-state index contributed by atoms with van der Waals surface area (Å²) < 4.78 is 6.32. The van der Waals surface area contributed by atoms with E-state index >= 15 is 0 Å². The summed E-state index contributed by atoms with van der Waals surface area (Å²) in [5, 5.41) is 3.71. The third-order valence-corrected chi connectivity index (χ3v) is 4.22. The van der Waals surface area contributed by atoms with Gasteiger partial charge in [-0.1, -0.05) is 47.5 Å². The van der Waals surface area contributed by atoms with Crippen molar-refractivity contribution in [3.63, 3.8) is 0 Å². The number of nitrogens with one attached hydrogen (secondary N) is 1. The molecule has 2 heteroatoms. The second kappa shape index (κ2) is 6.38. The molecule has 3 atom stereocenters. The highest BCUT2D eigenvalue weighted by molar-refractivity contribution is 5.02. The molecule has 2 nitrogen and oxygen atoms in total. The van der Waals surface area contributed by atoms with Crippen LogP contribution in [0.15, 0.2) is 0 Å². The first-order valence-electron chi connectivity index (χ1n) is 7.73. The molecule has 1 aliphatic carbocycles. The molecule has 1 aliphatic rings. The fraction of sp³-hybridized carbons (Fsp3) is 1.00. The Hall–Kier alpha value is -0.0800. The van der Waals surface area contributed by atoms with Crippen LogP contribution in [0.5, 0.6) is 0 Å². The summed E-state index contributed by atoms with van der Waals surface area (Å²) in [5.74, 6) is 0.786. The van der Waals surface area contributed by atoms with Gasteiger partial charge >= 0.3 is 0 Å². The van der Waals surface area contributed by atoms with E-state index in [4.69, 9.17) is 4.74 Å². The fourth-order valence-electron chi connectivity index (χ4n) is 3.79. The van der Waals surface area contributed by atoms with Crippen LogP contribution >= 0.6 is 0 Å². The van der Waals surface area contributed by atoms with Crippen molar-refractivity contribution >= 4 is 0 Å². The molecule has 0 aliphatic heterocycles. The van der Waals surface area contributed by atoms with E-state index in [1.807, 2.05) is 0 Å². The molecular weight excluding hydrogens is 222 g/mol. The molecule has 1 N–H and O–H groups in total. The van der Waals surface area contributed by atoms with E-state index in [-0.39, 0.29) is 11.0 Å². The van der Waals surface area contributed by atoms with Gasteiger partial charge in [0.25, 0.3) is 0 Å². The van der Waals surface area contributed by atoms with Gasteiger partial charge in [-0.25, -0.2) is 0 Å². The van der Waals surface area contributed by atoms with Crippen LogP contribution in [0.2, 0.25) is 0 Å². The largest absolute Gasteiger partial charge is 0.374 e. The monoisotopic (exact) mass is 255 g/mol. The van der Waals surface area contributed by atoms with Gasteiger partial charge < -0.3 is 10.1 Å². The zero-order valence-electron chi connectivity index (χ0n) is 13.3. The SMILES string of the molecule is CCNC(C(C)(C)C)C1(OCC)CCCC(C)C1. The van der Waals surface area contributed by atoms with Gasteiger partial charge in [-0.2, -0.15) is 0 Å². The van der Waals surface area contributed by atoms with E-state index in [0.717, 1.165) is 19.1 Å². The molecule has 0 amide bonds. The summed E-state index contributed by atoms with van der Waals surface area (Å²) in [6.45, 7) is 15.5. The number of hydrogen-bond acceptors (Lipinski definition) is 2. The van der Waals surface area contributed by atoms with E-state index < -0.39 is 0 Å². The smallest absolute Gasteiger partial charge is 0.0842 e. The first-order valence-corrected chi connectivity index (χ1v) is 7.73. The van der Waals surface area contributed by atoms with E-state index in [9.17, 15) is 0 Å². The van der Waals surface area contributed by atoms with Crippen LogP contribution in [0.1, 0.15) is 67.2 Å². The Morgan fingerprint density at radius 2 is 2.00 bits per heavy atom. The predicted molar refractivity (Wildman–Crippen MR) is 78.9 cm³/mol. The Kier molecular flexibility index (Phi) is 5.67. The molecule has 0 radical (unpaired) electrons. The topological polar surface area (TPSA) is 21.3 Å². The first-order chi connectivity index (χ1) is 8.35. The Bertz CT molecular complexity index is 242. The van der Waals surface area contributed by atoms with Crippen molar-refractivity contribution in [3.05, 3.63) is 0 Å². The lowest BCUT2D eigenvalue weighted by atomic mass is 9.67. The van der Waals surface area contributed by atoms with Gasteiger partial charge in [0, 0.05) is 12.6 Å². The normalized spacial score (nSPS) is 31.3. The van der Waals surface area contributed by atoms with Crippen LogP contribution in [-0.2, 0) is 4.74 Å². The molecule has 18 heavy (non-hydrogen) atoms. The van der Waals surface area contributed by atoms with Crippen LogP contribution < -0.4 is 5.32 Å². The van der Waals surface area contributed by atoms with Crippen LogP contribution in [0.3, 0.4) is 0 Å². The molecule has 0 saturated heterocycles. The molecule has 1 rings (SSSR count). The van der Waals surface area contributed by atoms with Gasteiger partial charge in [-0.3, -0.25) is 0 Å². The molecule has 108 valence electrons. The standard InChI is InChI=1S/C16H33NO/c1-7-17-14(15(4,5)6)16(18-8-2)11-9-10-13(3)12-16/h13-14,17H,7-12H2,1-6H3. The Morgan fingerprint density at radius 3 is 2.44 bits per heavy atom. The average Bonchev–Trinajstić information content (AvgIpc) is 2.24. The minimum absolute atomic E-state index is 0.0423. The van der Waals surface area contributed by atoms with Crippen LogP contribution in [0, 0.1) is 11.3 Å². The lowest BCUT2D eigenvalue weighted by Crippen LogP contribution is -2.60. The summed E-state index contributed by atoms with van der Waals surface area (Å²) in [7, 11) is 0. The highest BCUT2D eigenvalue weighted by atomic mass is 16.5. The summed E-state index contributed by atoms with van der Waals surface area (Å²) in [5.41, 5.74) is 0.281. The van der Waals surface area contributed by atoms with E-state index in [0.29, 0.717) is 6.04 Å². The third kappa shape index (κ3) is 3.71. The van der Waals surface area contributed by atoms with Crippen molar-refractivity contribution in [2.45, 2.75) is 78.9 Å². The molecule has 3 unspecified atom stereocenters. The Morgan fingerprint density at radius 1 is 1.33 bits per heavy atom. The highest BCUT2D eigenvalue weighted by Gasteiger charge is 2.47. The maximum atomic E-state index is 6.32. The van der Waals surface area contributed by atoms with Crippen LogP contribution in [0.4, 0.5) is 0 Å². The van der Waals surface area contributed by atoms with Gasteiger partial charge in [-0.05, 0) is 37.6 Å². The molecule has 1 fully saturated rings. The van der Waals surface area contributed by atoms with Crippen LogP contribution in [0.25, 0.3) is 0 Å². The average molecular weight is 255 g/mol. The lowest BCUT2D eigenvalue weighted by Gasteiger charge is -2.50. The molecule has 0 bridgehead atoms. The molecule has 1 saturated carbocycles. The lowest BCUT2D eigenvalue weighted by molar-refractivity contribution is -0.121. The molecule has 0 aromatic heterocycles. The van der Waals surface area contributed by atoms with Gasteiger partial charge in [-0.15, -0.1) is 0 Å². The number of hydrogen-bond donors (Lipinski definition) is 1. The Labute approximate surface area is 114 Å². The van der Waals surface area contributed by atoms with Gasteiger partial charge in [0.2, 0.25) is 0 Å². The third-order valence-electron chi connectivity index (χ3n) is 4.22. The zero-order valence-corrected chi connectivity index (χ0v) is 13.3. The second-order valence-corrected chi connectivity index (χ2v) is 7.06. The van der Waals surface area contributed by atoms with Crippen LogP contribution in [-0.4, -0.2) is 24.8 Å². The van der Waals surface area contributed by atoms with Gasteiger partial charge in [0.15, 0.2) is 0 Å². The number of ether oxygens (including phenoxy) is 1. The molecule has 0 heterocycles. The van der Waals surface area contributed by atoms with E-state index in [2.05, 4.69) is 46.9 Å². The van der Waals surface area contributed by atoms with Crippen molar-refractivity contribution < 1.29 is 4.74 Å². The summed E-state index contributed by atoms with van der Waals surface area (Å²) in [6.07, 6.45) is 5.08. The number of rotatable bonds is 5. The van der Waals surface area contributed by atoms with Crippen molar-refractivity contribution in [1.29, 1.82) is 0 Å². The molecule has 0 aromatic carbocycles. The van der Waals surface area contributed by atoms with Crippen molar-refractivity contribution in [3.8, 4) is 0 Å². The summed E-state index contributed by atoms with van der Waals surface area (Å²) in [6, 6.07) is 0.442. The van der Waals surface area contributed by atoms with Gasteiger partial charge in [0.05, 0.1) is 5.60 Å². The van der Waals surface area contributed by atoms with Gasteiger partial charge in [0.1, 0.15) is 0 Å². The molecular formula is C16H33NO. The fourth-order valence-corrected chi connectivity index (χ4v) is 3.79. The summed E-state index contributed by atoms with van der Waals surface area (Å²) in [4.78, 5) is 0. The highest BCUT2D eigenvalue weighted by Crippen LogP contribution is 2.42. The molecule has 0 aromatic rings. The second-order valence-electron chi connectivity index (χ2n) is 7.06. The number of likely N-dealkylation sites (N-methyl/N-ethyl adjacent to an activating group) is 1. The quantitative estimate of drug-likeness (QED) is 0.802. The van der Waals surface area contributed by atoms with Crippen molar-refractivity contribution in [2.24, 2.45) is 11.3 Å². The maximum absolute atomic E-state index is 6.32. The van der Waals surface area contributed by atoms with E-state index in [1.54, 1.807) is 0 Å². The Balaban J connectivity index is 2.98. The minimum atomic E-state index is 0.0423. The first kappa shape index (κ1) is 16.0. The van der Waals surface area contributed by atoms with Crippen molar-refractivity contribution in [1.82, 2.24) is 5.32 Å². The molecule has 0 spiro atoms. The maximum Gasteiger partial charge on any atom is 0.0842 e.